The van der Waals surface area contributed by atoms with Gasteiger partial charge in [-0.2, -0.15) is 0 Å². The molecule has 0 spiro atoms. The molecule has 1 aliphatic heterocycles. The molecule has 0 aliphatic carbocycles. The number of nitrogens with zero attached hydrogens (tertiary/aromatic N) is 3. The Kier molecular flexibility index (Phi) is 3.85. The average Bonchev–Trinajstić information content (AvgIpc) is 2.95. The number of nitrogens with one attached hydrogen (secondary N) is 1. The fraction of sp³-hybridized carbons (Fsp3) is 0.400. The van der Waals surface area contributed by atoms with Gasteiger partial charge >= 0.3 is 0 Å². The molecule has 2 aromatic heterocycles. The van der Waals surface area contributed by atoms with Gasteiger partial charge in [-0.25, -0.2) is 9.97 Å². The van der Waals surface area contributed by atoms with Gasteiger partial charge in [0.1, 0.15) is 11.4 Å². The third-order valence-corrected chi connectivity index (χ3v) is 3.57. The van der Waals surface area contributed by atoms with Crippen molar-refractivity contribution in [1.82, 2.24) is 19.9 Å². The maximum absolute atomic E-state index is 12.4. The van der Waals surface area contributed by atoms with Crippen LogP contribution in [0.4, 0.5) is 0 Å². The van der Waals surface area contributed by atoms with E-state index in [1.165, 1.54) is 0 Å². The molecule has 2 aromatic rings. The molecule has 0 fully saturated rings. The lowest BCUT2D eigenvalue weighted by Crippen LogP contribution is -2.41. The number of rotatable bonds is 4. The highest BCUT2D eigenvalue weighted by atomic mass is 16.5. The van der Waals surface area contributed by atoms with Crippen molar-refractivity contribution in [2.45, 2.75) is 32.4 Å². The number of carbonyl (C=O) groups excluding carboxylic acids is 1. The average molecular weight is 286 g/mol. The van der Waals surface area contributed by atoms with Gasteiger partial charge in [0, 0.05) is 37.6 Å². The van der Waals surface area contributed by atoms with Crippen molar-refractivity contribution in [3.8, 4) is 5.88 Å². The van der Waals surface area contributed by atoms with E-state index in [-0.39, 0.29) is 11.9 Å². The molecule has 0 aromatic carbocycles. The van der Waals surface area contributed by atoms with Crippen LogP contribution in [0.15, 0.2) is 30.7 Å². The van der Waals surface area contributed by atoms with Gasteiger partial charge in [-0.05, 0) is 25.5 Å². The number of pyridine rings is 1. The minimum absolute atomic E-state index is 0.105. The fourth-order valence-corrected chi connectivity index (χ4v) is 2.56. The zero-order valence-corrected chi connectivity index (χ0v) is 12.0. The third kappa shape index (κ3) is 2.89. The Morgan fingerprint density at radius 3 is 3.24 bits per heavy atom. The largest absolute Gasteiger partial charge is 0.477 e. The Labute approximate surface area is 123 Å². The molecular formula is C15H18N4O2. The molecule has 21 heavy (non-hydrogen) atoms. The predicted octanol–water partition coefficient (Wildman–Crippen LogP) is 1.42. The Balaban J connectivity index is 1.70. The number of fused-ring (bicyclic) bond motifs is 1. The van der Waals surface area contributed by atoms with Crippen molar-refractivity contribution in [3.63, 3.8) is 0 Å². The van der Waals surface area contributed by atoms with Crippen LogP contribution in [0.25, 0.3) is 0 Å². The molecule has 0 saturated carbocycles. The Bertz CT molecular complexity index is 638. The van der Waals surface area contributed by atoms with E-state index in [2.05, 4.69) is 19.9 Å². The molecule has 6 nitrogen and oxygen atoms in total. The number of aromatic nitrogens is 3. The lowest BCUT2D eigenvalue weighted by Gasteiger charge is -2.25. The number of carbonyl (C=O) groups is 1. The highest BCUT2D eigenvalue weighted by Crippen LogP contribution is 2.17. The van der Waals surface area contributed by atoms with Gasteiger partial charge in [0.2, 0.25) is 5.88 Å². The van der Waals surface area contributed by atoms with E-state index in [0.29, 0.717) is 18.1 Å². The summed E-state index contributed by atoms with van der Waals surface area (Å²) in [7, 11) is 0. The summed E-state index contributed by atoms with van der Waals surface area (Å²) < 4.78 is 7.49. The van der Waals surface area contributed by atoms with Crippen LogP contribution < -0.4 is 10.1 Å². The minimum atomic E-state index is -0.139. The fourth-order valence-electron chi connectivity index (χ4n) is 2.56. The van der Waals surface area contributed by atoms with E-state index in [0.717, 1.165) is 25.2 Å². The first-order valence-electron chi connectivity index (χ1n) is 7.16. The highest BCUT2D eigenvalue weighted by Gasteiger charge is 2.22. The second-order valence-electron chi connectivity index (χ2n) is 4.99. The SMILES string of the molecule is CCOc1ncccc1C(=O)NC1CCc2nccn2C1. The van der Waals surface area contributed by atoms with Crippen LogP contribution >= 0.6 is 0 Å². The molecule has 1 aliphatic rings. The monoisotopic (exact) mass is 286 g/mol. The number of hydrogen-bond donors (Lipinski definition) is 1. The zero-order valence-electron chi connectivity index (χ0n) is 12.0. The van der Waals surface area contributed by atoms with Crippen LogP contribution in [0.1, 0.15) is 29.5 Å². The highest BCUT2D eigenvalue weighted by molar-refractivity contribution is 5.96. The summed E-state index contributed by atoms with van der Waals surface area (Å²) in [6.45, 7) is 3.11. The smallest absolute Gasteiger partial charge is 0.257 e. The van der Waals surface area contributed by atoms with Crippen LogP contribution in [0.5, 0.6) is 5.88 Å². The van der Waals surface area contributed by atoms with Crippen LogP contribution in [0.2, 0.25) is 0 Å². The normalized spacial score (nSPS) is 17.1. The van der Waals surface area contributed by atoms with Gasteiger partial charge in [0.05, 0.1) is 6.61 Å². The quantitative estimate of drug-likeness (QED) is 0.923. The molecule has 1 amide bonds. The Morgan fingerprint density at radius 1 is 1.48 bits per heavy atom. The summed E-state index contributed by atoms with van der Waals surface area (Å²) in [5.74, 6) is 1.33. The van der Waals surface area contributed by atoms with Crippen molar-refractivity contribution >= 4 is 5.91 Å². The lowest BCUT2D eigenvalue weighted by molar-refractivity contribution is 0.0923. The van der Waals surface area contributed by atoms with Gasteiger partial charge in [0.15, 0.2) is 0 Å². The summed E-state index contributed by atoms with van der Waals surface area (Å²) >= 11 is 0. The van der Waals surface area contributed by atoms with Crippen LogP contribution in [0, 0.1) is 0 Å². The van der Waals surface area contributed by atoms with Crippen molar-refractivity contribution in [3.05, 3.63) is 42.1 Å². The number of imidazole rings is 1. The standard InChI is InChI=1S/C15H18N4O2/c1-2-21-15-12(4-3-7-17-15)14(20)18-11-5-6-13-16-8-9-19(13)10-11/h3-4,7-9,11H,2,5-6,10H2,1H3,(H,18,20). The Morgan fingerprint density at radius 2 is 2.38 bits per heavy atom. The maximum Gasteiger partial charge on any atom is 0.257 e. The van der Waals surface area contributed by atoms with Crippen molar-refractivity contribution < 1.29 is 9.53 Å². The van der Waals surface area contributed by atoms with E-state index in [9.17, 15) is 4.79 Å². The van der Waals surface area contributed by atoms with Crippen LogP contribution in [0.3, 0.4) is 0 Å². The molecule has 0 bridgehead atoms. The van der Waals surface area contributed by atoms with E-state index in [4.69, 9.17) is 4.74 Å². The molecule has 1 unspecified atom stereocenters. The summed E-state index contributed by atoms with van der Waals surface area (Å²) in [5.41, 5.74) is 0.482. The number of aryl methyl sites for hydroxylation is 1. The maximum atomic E-state index is 12.4. The molecule has 1 N–H and O–H groups in total. The predicted molar refractivity (Wildman–Crippen MR) is 77.2 cm³/mol. The van der Waals surface area contributed by atoms with Crippen molar-refractivity contribution in [2.24, 2.45) is 0 Å². The first kappa shape index (κ1) is 13.6. The summed E-state index contributed by atoms with van der Waals surface area (Å²) in [4.78, 5) is 20.8. The van der Waals surface area contributed by atoms with Crippen molar-refractivity contribution in [1.29, 1.82) is 0 Å². The van der Waals surface area contributed by atoms with Gasteiger partial charge in [-0.15, -0.1) is 0 Å². The minimum Gasteiger partial charge on any atom is -0.477 e. The first-order valence-corrected chi connectivity index (χ1v) is 7.16. The number of ether oxygens (including phenoxy) is 1. The van der Waals surface area contributed by atoms with Gasteiger partial charge < -0.3 is 14.6 Å². The second kappa shape index (κ2) is 5.95. The second-order valence-corrected chi connectivity index (χ2v) is 4.99. The van der Waals surface area contributed by atoms with E-state index >= 15 is 0 Å². The topological polar surface area (TPSA) is 69.0 Å². The third-order valence-electron chi connectivity index (χ3n) is 3.57. The number of amides is 1. The molecule has 0 saturated heterocycles. The molecule has 6 heteroatoms. The van der Waals surface area contributed by atoms with Crippen LogP contribution in [-0.2, 0) is 13.0 Å². The molecule has 110 valence electrons. The molecule has 0 radical (unpaired) electrons. The van der Waals surface area contributed by atoms with E-state index in [1.54, 1.807) is 24.5 Å². The molecule has 3 heterocycles. The zero-order chi connectivity index (χ0) is 14.7. The summed E-state index contributed by atoms with van der Waals surface area (Å²) in [6.07, 6.45) is 7.15. The molecule has 3 rings (SSSR count). The van der Waals surface area contributed by atoms with Gasteiger partial charge in [0.25, 0.3) is 5.91 Å². The summed E-state index contributed by atoms with van der Waals surface area (Å²) in [6, 6.07) is 3.58. The first-order chi connectivity index (χ1) is 10.3. The van der Waals surface area contributed by atoms with Crippen LogP contribution in [-0.4, -0.2) is 33.1 Å². The van der Waals surface area contributed by atoms with E-state index < -0.39 is 0 Å². The van der Waals surface area contributed by atoms with Crippen molar-refractivity contribution in [2.75, 3.05) is 6.61 Å². The van der Waals surface area contributed by atoms with E-state index in [1.807, 2.05) is 13.1 Å². The summed E-state index contributed by atoms with van der Waals surface area (Å²) in [5, 5.41) is 3.06. The van der Waals surface area contributed by atoms with Gasteiger partial charge in [-0.1, -0.05) is 0 Å². The van der Waals surface area contributed by atoms with Gasteiger partial charge in [-0.3, -0.25) is 4.79 Å². The lowest BCUT2D eigenvalue weighted by atomic mass is 10.1. The molecular weight excluding hydrogens is 268 g/mol. The molecule has 1 atom stereocenters. The Hall–Kier alpha value is -2.37. The number of hydrogen-bond acceptors (Lipinski definition) is 4.